The van der Waals surface area contributed by atoms with E-state index in [0.29, 0.717) is 0 Å². The maximum Gasteiger partial charge on any atom is 0.460 e. The monoisotopic (exact) mass is 495 g/mol. The third-order valence-corrected chi connectivity index (χ3v) is 3.53. The lowest BCUT2D eigenvalue weighted by molar-refractivity contribution is -0.448. The zero-order valence-corrected chi connectivity index (χ0v) is 14.2. The van der Waals surface area contributed by atoms with Crippen LogP contribution in [0.1, 0.15) is 0 Å². The van der Waals surface area contributed by atoms with Crippen LogP contribution in [-0.4, -0.2) is 68.1 Å². The summed E-state index contributed by atoms with van der Waals surface area (Å²) in [6, 6.07) is 0. The van der Waals surface area contributed by atoms with Gasteiger partial charge in [-0.2, -0.15) is 74.3 Å². The summed E-state index contributed by atoms with van der Waals surface area (Å²) in [7, 11) is -4.01. The van der Waals surface area contributed by atoms with Crippen molar-refractivity contribution in [2.75, 3.05) is 14.1 Å². The highest BCUT2D eigenvalue weighted by Gasteiger charge is 2.94. The second-order valence-electron chi connectivity index (χ2n) is 4.86. The minimum absolute atomic E-state index is 1.88. The molecule has 0 heterocycles. The average Bonchev–Trinajstić information content (AvgIpc) is 2.44. The molecular weight excluding hydrogens is 487 g/mol. The van der Waals surface area contributed by atoms with E-state index in [9.17, 15) is 74.3 Å². The SMILES string of the molecule is CNC.O=S(=O)(O)C(F)(F)C(F)(F)C(F)(F)C(F)(F)C(F)(F)C(F)(F)C(F)(F)F. The van der Waals surface area contributed by atoms with Gasteiger partial charge in [0, 0.05) is 0 Å². The van der Waals surface area contributed by atoms with Gasteiger partial charge in [0.1, 0.15) is 0 Å². The van der Waals surface area contributed by atoms with E-state index in [-0.39, 0.29) is 0 Å². The van der Waals surface area contributed by atoms with Crippen LogP contribution in [0.15, 0.2) is 0 Å². The van der Waals surface area contributed by atoms with Crippen LogP contribution < -0.4 is 5.32 Å². The lowest BCUT2D eigenvalue weighted by Gasteiger charge is -2.40. The van der Waals surface area contributed by atoms with E-state index in [4.69, 9.17) is 4.55 Å². The molecule has 0 amide bonds. The van der Waals surface area contributed by atoms with E-state index in [1.165, 1.54) is 0 Å². The summed E-state index contributed by atoms with van der Waals surface area (Å²) in [5, 5.41) is -4.95. The molecule has 20 heteroatoms. The Morgan fingerprint density at radius 2 is 0.759 bits per heavy atom. The van der Waals surface area contributed by atoms with E-state index in [1.54, 1.807) is 0 Å². The highest BCUT2D eigenvalue weighted by molar-refractivity contribution is 7.87. The topological polar surface area (TPSA) is 66.4 Å². The normalized spacial score (nSPS) is 15.7. The molecule has 0 aromatic rings. The van der Waals surface area contributed by atoms with Crippen molar-refractivity contribution in [2.45, 2.75) is 41.0 Å². The third-order valence-electron chi connectivity index (χ3n) is 2.62. The van der Waals surface area contributed by atoms with Gasteiger partial charge in [0.2, 0.25) is 0 Å². The first-order valence-electron chi connectivity index (χ1n) is 6.05. The number of hydrogen-bond acceptors (Lipinski definition) is 3. The van der Waals surface area contributed by atoms with Crippen molar-refractivity contribution in [1.82, 2.24) is 5.32 Å². The molecule has 0 aromatic heterocycles. The van der Waals surface area contributed by atoms with Crippen LogP contribution in [0.5, 0.6) is 0 Å². The first-order chi connectivity index (χ1) is 12.2. The quantitative estimate of drug-likeness (QED) is 0.432. The van der Waals surface area contributed by atoms with Gasteiger partial charge < -0.3 is 5.32 Å². The van der Waals surface area contributed by atoms with Gasteiger partial charge >= 0.3 is 51.2 Å². The predicted octanol–water partition coefficient (Wildman–Crippen LogP) is 4.04. The molecule has 0 unspecified atom stereocenters. The van der Waals surface area contributed by atoms with Crippen LogP contribution in [0.25, 0.3) is 0 Å². The van der Waals surface area contributed by atoms with E-state index in [2.05, 4.69) is 5.32 Å². The fourth-order valence-corrected chi connectivity index (χ4v) is 1.57. The van der Waals surface area contributed by atoms with Crippen LogP contribution in [0.3, 0.4) is 0 Å². The summed E-state index contributed by atoms with van der Waals surface area (Å²) >= 11 is 0. The smallest absolute Gasteiger partial charge is 0.323 e. The summed E-state index contributed by atoms with van der Waals surface area (Å²) in [6.07, 6.45) is -7.75. The van der Waals surface area contributed by atoms with Gasteiger partial charge in [-0.25, -0.2) is 0 Å². The van der Waals surface area contributed by atoms with Gasteiger partial charge in [0.25, 0.3) is 0 Å². The van der Waals surface area contributed by atoms with Crippen LogP contribution in [0, 0.1) is 0 Å². The molecule has 29 heavy (non-hydrogen) atoms. The number of halogens is 15. The van der Waals surface area contributed by atoms with Gasteiger partial charge in [-0.05, 0) is 14.1 Å². The molecule has 4 nitrogen and oxygen atoms in total. The Morgan fingerprint density at radius 3 is 0.966 bits per heavy atom. The van der Waals surface area contributed by atoms with Crippen LogP contribution in [0.4, 0.5) is 65.9 Å². The summed E-state index contributed by atoms with van der Waals surface area (Å²) in [5.41, 5.74) is 0. The first kappa shape index (κ1) is 30.0. The number of alkyl halides is 15. The molecule has 178 valence electrons. The molecule has 0 atom stereocenters. The Kier molecular flexibility index (Phi) is 8.09. The number of hydrogen-bond donors (Lipinski definition) is 2. The Hall–Kier alpha value is -1.18. The highest BCUT2D eigenvalue weighted by atomic mass is 32.2. The Bertz CT molecular complexity index is 669. The van der Waals surface area contributed by atoms with Crippen LogP contribution in [0.2, 0.25) is 0 Å². The predicted molar refractivity (Wildman–Crippen MR) is 62.3 cm³/mol. The largest absolute Gasteiger partial charge is 0.460 e. The third kappa shape index (κ3) is 4.32. The molecule has 0 aliphatic rings. The average molecular weight is 495 g/mol. The Balaban J connectivity index is 0. The molecule has 0 fully saturated rings. The summed E-state index contributed by atoms with van der Waals surface area (Å²) in [4.78, 5) is 0. The Labute approximate surface area is 150 Å². The molecule has 0 saturated heterocycles. The second kappa shape index (κ2) is 7.82. The van der Waals surface area contributed by atoms with E-state index in [0.717, 1.165) is 0 Å². The van der Waals surface area contributed by atoms with Gasteiger partial charge in [-0.1, -0.05) is 0 Å². The van der Waals surface area contributed by atoms with E-state index >= 15 is 0 Å². The molecule has 0 aromatic carbocycles. The molecule has 0 radical (unpaired) electrons. The zero-order chi connectivity index (χ0) is 24.7. The van der Waals surface area contributed by atoms with Crippen molar-refractivity contribution in [3.8, 4) is 0 Å². The number of nitrogens with one attached hydrogen (secondary N) is 1. The second-order valence-corrected chi connectivity index (χ2v) is 6.32. The summed E-state index contributed by atoms with van der Waals surface area (Å²) in [6.45, 7) is 0. The molecule has 0 spiro atoms. The van der Waals surface area contributed by atoms with Crippen molar-refractivity contribution in [1.29, 1.82) is 0 Å². The molecule has 0 aliphatic heterocycles. The highest BCUT2D eigenvalue weighted by Crippen LogP contribution is 2.62. The van der Waals surface area contributed by atoms with Gasteiger partial charge in [0.05, 0.1) is 0 Å². The van der Waals surface area contributed by atoms with E-state index in [1.807, 2.05) is 14.1 Å². The summed E-state index contributed by atoms with van der Waals surface area (Å²) in [5.74, 6) is -42.0. The van der Waals surface area contributed by atoms with Gasteiger partial charge in [0.15, 0.2) is 0 Å². The molecule has 2 N–H and O–H groups in total. The van der Waals surface area contributed by atoms with Crippen molar-refractivity contribution < 1.29 is 78.8 Å². The van der Waals surface area contributed by atoms with E-state index < -0.39 is 51.2 Å². The standard InChI is InChI=1S/C7HF15O3S.C2H7N/c8-1(9,2(10,11)4(14,15)6(18,19)20)3(12,13)5(16,17)7(21,22)26(23,24)25;1-3-2/h(H,23,24,25);3H,1-2H3. The van der Waals surface area contributed by atoms with Crippen LogP contribution in [-0.2, 0) is 10.1 Å². The number of rotatable bonds is 6. The summed E-state index contributed by atoms with van der Waals surface area (Å²) < 4.78 is 215. The van der Waals surface area contributed by atoms with Crippen molar-refractivity contribution in [3.05, 3.63) is 0 Å². The van der Waals surface area contributed by atoms with Gasteiger partial charge in [-0.3, -0.25) is 4.55 Å². The lowest BCUT2D eigenvalue weighted by Crippen LogP contribution is -2.73. The molecule has 0 aliphatic carbocycles. The maximum atomic E-state index is 12.9. The minimum Gasteiger partial charge on any atom is -0.323 e. The Morgan fingerprint density at radius 1 is 0.552 bits per heavy atom. The van der Waals surface area contributed by atoms with Gasteiger partial charge in [-0.15, -0.1) is 0 Å². The molecule has 0 bridgehead atoms. The maximum absolute atomic E-state index is 12.9. The lowest BCUT2D eigenvalue weighted by atomic mass is 9.94. The van der Waals surface area contributed by atoms with Crippen molar-refractivity contribution in [2.24, 2.45) is 0 Å². The first-order valence-corrected chi connectivity index (χ1v) is 7.49. The minimum atomic E-state index is -8.60. The fraction of sp³-hybridized carbons (Fsp3) is 1.00. The van der Waals surface area contributed by atoms with Crippen LogP contribution >= 0.6 is 0 Å². The molecule has 0 rings (SSSR count). The molecule has 0 saturated carbocycles. The molecular formula is C9H8F15NO3S. The fourth-order valence-electron chi connectivity index (χ4n) is 1.11. The van der Waals surface area contributed by atoms with Crippen molar-refractivity contribution in [3.63, 3.8) is 0 Å². The van der Waals surface area contributed by atoms with Crippen molar-refractivity contribution >= 4 is 10.1 Å². The zero-order valence-electron chi connectivity index (χ0n) is 13.3.